The summed E-state index contributed by atoms with van der Waals surface area (Å²) < 4.78 is 1.86. The number of fused-ring (bicyclic) bond motifs is 3. The number of primary amides is 1. The Morgan fingerprint density at radius 3 is 2.53 bits per heavy atom. The highest BCUT2D eigenvalue weighted by atomic mass is 16.2. The van der Waals surface area contributed by atoms with Crippen LogP contribution in [0.3, 0.4) is 0 Å². The Labute approximate surface area is 178 Å². The van der Waals surface area contributed by atoms with Gasteiger partial charge < -0.3 is 5.73 Å². The Kier molecular flexibility index (Phi) is 6.03. The first-order valence-electron chi connectivity index (χ1n) is 11.1. The smallest absolute Gasteiger partial charge is 0.262 e. The summed E-state index contributed by atoms with van der Waals surface area (Å²) >= 11 is 0. The van der Waals surface area contributed by atoms with E-state index in [1.165, 1.54) is 31.2 Å². The molecule has 0 bridgehead atoms. The standard InChI is InChI=1S/C26H30N2O2/c1-2-3-4-5-8-18-11-13-19(14-12-18)26(30)28-23-10-7-6-9-21(23)22-17-20(25(27)29)15-16-24(22)28/h6-7,9-14,20H,2-5,8,15-17H2,1H3,(H2,27,29). The van der Waals surface area contributed by atoms with E-state index in [0.717, 1.165) is 28.6 Å². The quantitative estimate of drug-likeness (QED) is 0.563. The van der Waals surface area contributed by atoms with Gasteiger partial charge in [0, 0.05) is 22.6 Å². The highest BCUT2D eigenvalue weighted by Gasteiger charge is 2.30. The second-order valence-corrected chi connectivity index (χ2v) is 8.43. The van der Waals surface area contributed by atoms with Gasteiger partial charge in [-0.3, -0.25) is 14.2 Å². The molecule has 2 N–H and O–H groups in total. The molecule has 1 atom stereocenters. The van der Waals surface area contributed by atoms with Crippen LogP contribution in [0.2, 0.25) is 0 Å². The molecule has 3 aromatic rings. The number of hydrogen-bond acceptors (Lipinski definition) is 2. The van der Waals surface area contributed by atoms with E-state index in [-0.39, 0.29) is 17.7 Å². The number of amides is 1. The lowest BCUT2D eigenvalue weighted by Crippen LogP contribution is -2.29. The van der Waals surface area contributed by atoms with E-state index in [9.17, 15) is 9.59 Å². The zero-order valence-electron chi connectivity index (χ0n) is 17.7. The Bertz CT molecular complexity index is 1060. The molecule has 0 spiro atoms. The molecule has 0 saturated heterocycles. The van der Waals surface area contributed by atoms with Gasteiger partial charge >= 0.3 is 0 Å². The molecule has 1 aliphatic carbocycles. The maximum absolute atomic E-state index is 13.5. The number of nitrogens with two attached hydrogens (primary N) is 1. The van der Waals surface area contributed by atoms with Gasteiger partial charge in [-0.05, 0) is 61.4 Å². The summed E-state index contributed by atoms with van der Waals surface area (Å²) in [6.45, 7) is 2.22. The highest BCUT2D eigenvalue weighted by Crippen LogP contribution is 2.35. The van der Waals surface area contributed by atoms with Gasteiger partial charge in [0.15, 0.2) is 0 Å². The zero-order chi connectivity index (χ0) is 21.1. The molecule has 30 heavy (non-hydrogen) atoms. The van der Waals surface area contributed by atoms with Gasteiger partial charge in [-0.25, -0.2) is 0 Å². The van der Waals surface area contributed by atoms with Crippen LogP contribution in [0.4, 0.5) is 0 Å². The summed E-state index contributed by atoms with van der Waals surface area (Å²) in [6.07, 6.45) is 8.03. The molecule has 0 aliphatic heterocycles. The second kappa shape index (κ2) is 8.86. The Balaban J connectivity index is 1.63. The number of aromatic nitrogens is 1. The number of unbranched alkanes of at least 4 members (excludes halogenated alkanes) is 3. The number of benzene rings is 2. The highest BCUT2D eigenvalue weighted by molar-refractivity contribution is 6.04. The van der Waals surface area contributed by atoms with Crippen LogP contribution >= 0.6 is 0 Å². The van der Waals surface area contributed by atoms with Crippen LogP contribution in [0, 0.1) is 5.92 Å². The number of carbonyl (C=O) groups excluding carboxylic acids is 2. The molecular weight excluding hydrogens is 372 g/mol. The third-order valence-corrected chi connectivity index (χ3v) is 6.39. The topological polar surface area (TPSA) is 65.1 Å². The molecule has 1 heterocycles. The van der Waals surface area contributed by atoms with Crippen LogP contribution in [0.15, 0.2) is 48.5 Å². The van der Waals surface area contributed by atoms with Crippen LogP contribution in [0.25, 0.3) is 10.9 Å². The molecule has 0 saturated carbocycles. The number of aryl methyl sites for hydroxylation is 1. The Hall–Kier alpha value is -2.88. The van der Waals surface area contributed by atoms with Crippen LogP contribution in [0.1, 0.15) is 66.2 Å². The van der Waals surface area contributed by atoms with Gasteiger partial charge in [-0.2, -0.15) is 0 Å². The minimum atomic E-state index is -0.252. The number of hydrogen-bond donors (Lipinski definition) is 1. The summed E-state index contributed by atoms with van der Waals surface area (Å²) in [5.41, 5.74) is 10.6. The molecule has 2 aromatic carbocycles. The fourth-order valence-corrected chi connectivity index (χ4v) is 4.68. The molecule has 1 amide bonds. The van der Waals surface area contributed by atoms with Crippen LogP contribution in [-0.4, -0.2) is 16.4 Å². The van der Waals surface area contributed by atoms with E-state index in [4.69, 9.17) is 5.73 Å². The lowest BCUT2D eigenvalue weighted by Gasteiger charge is -2.21. The fourth-order valence-electron chi connectivity index (χ4n) is 4.68. The summed E-state index contributed by atoms with van der Waals surface area (Å²) in [4.78, 5) is 25.2. The zero-order valence-corrected chi connectivity index (χ0v) is 17.7. The average Bonchev–Trinajstić information content (AvgIpc) is 3.10. The van der Waals surface area contributed by atoms with Gasteiger partial charge in [-0.1, -0.05) is 56.5 Å². The van der Waals surface area contributed by atoms with Crippen molar-refractivity contribution < 1.29 is 9.59 Å². The molecule has 156 valence electrons. The monoisotopic (exact) mass is 402 g/mol. The van der Waals surface area contributed by atoms with Crippen molar-refractivity contribution in [1.82, 2.24) is 4.57 Å². The lowest BCUT2D eigenvalue weighted by atomic mass is 9.86. The average molecular weight is 403 g/mol. The minimum Gasteiger partial charge on any atom is -0.369 e. The van der Waals surface area contributed by atoms with Crippen molar-refractivity contribution in [2.24, 2.45) is 11.7 Å². The Morgan fingerprint density at radius 1 is 1.03 bits per heavy atom. The van der Waals surface area contributed by atoms with Crippen molar-refractivity contribution in [2.45, 2.75) is 58.3 Å². The van der Waals surface area contributed by atoms with Crippen molar-refractivity contribution in [2.75, 3.05) is 0 Å². The first-order valence-corrected chi connectivity index (χ1v) is 11.1. The molecule has 1 aromatic heterocycles. The maximum Gasteiger partial charge on any atom is 0.262 e. The molecule has 0 radical (unpaired) electrons. The van der Waals surface area contributed by atoms with E-state index in [1.807, 2.05) is 41.0 Å². The van der Waals surface area contributed by atoms with Crippen LogP contribution in [0.5, 0.6) is 0 Å². The largest absolute Gasteiger partial charge is 0.369 e. The van der Waals surface area contributed by atoms with E-state index in [2.05, 4.69) is 19.1 Å². The summed E-state index contributed by atoms with van der Waals surface area (Å²) in [5, 5.41) is 1.05. The fraction of sp³-hybridized carbons (Fsp3) is 0.385. The number of nitrogens with zero attached hydrogens (tertiary/aromatic N) is 1. The molecule has 4 heteroatoms. The number of para-hydroxylation sites is 1. The normalized spacial score (nSPS) is 15.8. The van der Waals surface area contributed by atoms with Crippen molar-refractivity contribution in [1.29, 1.82) is 0 Å². The SMILES string of the molecule is CCCCCCc1ccc(C(=O)n2c3c(c4ccccc42)CC(C(N)=O)CC3)cc1. The molecule has 4 nitrogen and oxygen atoms in total. The van der Waals surface area contributed by atoms with Gasteiger partial charge in [0.05, 0.1) is 5.52 Å². The third kappa shape index (κ3) is 3.91. The van der Waals surface area contributed by atoms with E-state index in [0.29, 0.717) is 24.8 Å². The van der Waals surface area contributed by atoms with Crippen LogP contribution in [-0.2, 0) is 24.1 Å². The predicted octanol–water partition coefficient (Wildman–Crippen LogP) is 5.04. The summed E-state index contributed by atoms with van der Waals surface area (Å²) in [6, 6.07) is 16.1. The predicted molar refractivity (Wildman–Crippen MR) is 121 cm³/mol. The first-order chi connectivity index (χ1) is 14.6. The Morgan fingerprint density at radius 2 is 1.80 bits per heavy atom. The molecule has 0 fully saturated rings. The van der Waals surface area contributed by atoms with Gasteiger partial charge in [-0.15, -0.1) is 0 Å². The molecular formula is C26H30N2O2. The van der Waals surface area contributed by atoms with E-state index in [1.54, 1.807) is 0 Å². The van der Waals surface area contributed by atoms with Crippen molar-refractivity contribution in [3.63, 3.8) is 0 Å². The minimum absolute atomic E-state index is 0.00232. The molecule has 1 aliphatic rings. The summed E-state index contributed by atoms with van der Waals surface area (Å²) in [7, 11) is 0. The first kappa shape index (κ1) is 20.4. The van der Waals surface area contributed by atoms with E-state index >= 15 is 0 Å². The van der Waals surface area contributed by atoms with Gasteiger partial charge in [0.2, 0.25) is 5.91 Å². The lowest BCUT2D eigenvalue weighted by molar-refractivity contribution is -0.122. The second-order valence-electron chi connectivity index (χ2n) is 8.43. The van der Waals surface area contributed by atoms with Gasteiger partial charge in [0.25, 0.3) is 5.91 Å². The summed E-state index contributed by atoms with van der Waals surface area (Å²) in [5.74, 6) is -0.403. The molecule has 4 rings (SSSR count). The number of carbonyl (C=O) groups is 2. The van der Waals surface area contributed by atoms with Crippen molar-refractivity contribution >= 4 is 22.7 Å². The maximum atomic E-state index is 13.5. The molecule has 1 unspecified atom stereocenters. The third-order valence-electron chi connectivity index (χ3n) is 6.39. The van der Waals surface area contributed by atoms with Gasteiger partial charge in [0.1, 0.15) is 0 Å². The van der Waals surface area contributed by atoms with E-state index < -0.39 is 0 Å². The van der Waals surface area contributed by atoms with Crippen molar-refractivity contribution in [3.8, 4) is 0 Å². The van der Waals surface area contributed by atoms with Crippen molar-refractivity contribution in [3.05, 3.63) is 70.9 Å². The number of rotatable bonds is 7. The van der Waals surface area contributed by atoms with Crippen LogP contribution < -0.4 is 5.73 Å².